The van der Waals surface area contributed by atoms with Gasteiger partial charge in [0.1, 0.15) is 5.65 Å². The first kappa shape index (κ1) is 23.9. The normalized spacial score (nSPS) is 11.8. The van der Waals surface area contributed by atoms with Crippen molar-refractivity contribution in [2.75, 3.05) is 6.26 Å². The third-order valence-corrected chi connectivity index (χ3v) is 7.22. The van der Waals surface area contributed by atoms with E-state index in [4.69, 9.17) is 11.6 Å². The number of carbonyl (C=O) groups is 1. The van der Waals surface area contributed by atoms with Crippen LogP contribution in [-0.2, 0) is 22.8 Å². The van der Waals surface area contributed by atoms with Crippen LogP contribution in [0.25, 0.3) is 21.9 Å². The SMILES string of the molecule is Cc1cnc2c(S(C)(=O)=O)cc(Cc3cc(C(=O)NCc4cnc5[nH]cc(Cl)c5c4)ccn3)cc2c1. The molecule has 0 fully saturated rings. The monoisotopic (exact) mass is 519 g/mol. The second kappa shape index (κ2) is 9.33. The number of nitrogens with zero attached hydrogens (tertiary/aromatic N) is 3. The highest BCUT2D eigenvalue weighted by Crippen LogP contribution is 2.26. The Morgan fingerprint density at radius 1 is 1.06 bits per heavy atom. The molecule has 4 heterocycles. The number of amides is 1. The molecule has 10 heteroatoms. The summed E-state index contributed by atoms with van der Waals surface area (Å²) >= 11 is 6.16. The van der Waals surface area contributed by atoms with Gasteiger partial charge in [0.2, 0.25) is 0 Å². The van der Waals surface area contributed by atoms with Crippen molar-refractivity contribution >= 4 is 49.3 Å². The van der Waals surface area contributed by atoms with E-state index in [9.17, 15) is 13.2 Å². The van der Waals surface area contributed by atoms with Gasteiger partial charge in [0, 0.05) is 66.0 Å². The minimum absolute atomic E-state index is 0.178. The van der Waals surface area contributed by atoms with Crippen molar-refractivity contribution in [1.29, 1.82) is 0 Å². The Bertz CT molecular complexity index is 1750. The van der Waals surface area contributed by atoms with E-state index in [2.05, 4.69) is 25.3 Å². The summed E-state index contributed by atoms with van der Waals surface area (Å²) in [5.74, 6) is -0.255. The third-order valence-electron chi connectivity index (χ3n) is 5.80. The lowest BCUT2D eigenvalue weighted by atomic mass is 10.0. The molecule has 0 saturated carbocycles. The molecule has 0 saturated heterocycles. The topological polar surface area (TPSA) is 118 Å². The predicted octanol–water partition coefficient (Wildman–Crippen LogP) is 4.39. The molecule has 4 aromatic heterocycles. The van der Waals surface area contributed by atoms with Crippen LogP contribution < -0.4 is 5.32 Å². The van der Waals surface area contributed by atoms with E-state index >= 15 is 0 Å². The maximum atomic E-state index is 12.8. The zero-order valence-electron chi connectivity index (χ0n) is 19.5. The molecule has 0 aliphatic rings. The summed E-state index contributed by atoms with van der Waals surface area (Å²) in [5.41, 5.74) is 4.75. The molecule has 2 N–H and O–H groups in total. The molecule has 36 heavy (non-hydrogen) atoms. The number of carbonyl (C=O) groups excluding carboxylic acids is 1. The summed E-state index contributed by atoms with van der Waals surface area (Å²) in [6.07, 6.45) is 8.12. The van der Waals surface area contributed by atoms with Gasteiger partial charge < -0.3 is 10.3 Å². The molecule has 182 valence electrons. The van der Waals surface area contributed by atoms with Crippen LogP contribution in [0.3, 0.4) is 0 Å². The second-order valence-corrected chi connectivity index (χ2v) is 11.1. The fraction of sp³-hybridized carbons (Fsp3) is 0.154. The number of nitrogens with one attached hydrogen (secondary N) is 2. The minimum atomic E-state index is -3.49. The first-order valence-electron chi connectivity index (χ1n) is 11.1. The van der Waals surface area contributed by atoms with Crippen LogP contribution in [0.4, 0.5) is 0 Å². The number of sulfone groups is 1. The Kier molecular flexibility index (Phi) is 6.19. The highest BCUT2D eigenvalue weighted by molar-refractivity contribution is 7.91. The van der Waals surface area contributed by atoms with Gasteiger partial charge in [-0.2, -0.15) is 0 Å². The number of hydrogen-bond donors (Lipinski definition) is 2. The minimum Gasteiger partial charge on any atom is -0.348 e. The van der Waals surface area contributed by atoms with Crippen molar-refractivity contribution < 1.29 is 13.2 Å². The highest BCUT2D eigenvalue weighted by atomic mass is 35.5. The third kappa shape index (κ3) is 4.93. The van der Waals surface area contributed by atoms with Crippen LogP contribution in [0, 0.1) is 6.92 Å². The molecule has 1 amide bonds. The number of hydrogen-bond acceptors (Lipinski definition) is 6. The molecular formula is C26H22ClN5O3S. The van der Waals surface area contributed by atoms with E-state index < -0.39 is 9.84 Å². The number of pyridine rings is 3. The van der Waals surface area contributed by atoms with Crippen molar-refractivity contribution in [3.8, 4) is 0 Å². The lowest BCUT2D eigenvalue weighted by Crippen LogP contribution is -2.23. The van der Waals surface area contributed by atoms with Crippen molar-refractivity contribution in [1.82, 2.24) is 25.3 Å². The van der Waals surface area contributed by atoms with E-state index in [1.165, 1.54) is 6.26 Å². The molecule has 0 unspecified atom stereocenters. The molecule has 1 aromatic carbocycles. The van der Waals surface area contributed by atoms with Crippen LogP contribution in [0.2, 0.25) is 5.02 Å². The van der Waals surface area contributed by atoms with E-state index in [1.807, 2.05) is 25.1 Å². The number of aromatic amines is 1. The Morgan fingerprint density at radius 2 is 1.89 bits per heavy atom. The van der Waals surface area contributed by atoms with Crippen LogP contribution in [-0.4, -0.2) is 40.5 Å². The molecule has 0 radical (unpaired) electrons. The lowest BCUT2D eigenvalue weighted by Gasteiger charge is -2.10. The molecule has 0 atom stereocenters. The van der Waals surface area contributed by atoms with Crippen molar-refractivity contribution in [2.45, 2.75) is 24.8 Å². The van der Waals surface area contributed by atoms with Gasteiger partial charge in [0.25, 0.3) is 5.91 Å². The average Bonchev–Trinajstić information content (AvgIpc) is 3.21. The predicted molar refractivity (Wildman–Crippen MR) is 139 cm³/mol. The number of benzene rings is 1. The van der Waals surface area contributed by atoms with Gasteiger partial charge in [-0.25, -0.2) is 13.4 Å². The fourth-order valence-electron chi connectivity index (χ4n) is 4.09. The standard InChI is InChI=1S/C26H22ClN5O3S/c1-15-5-19-6-16(9-23(36(2,34)35)24(19)29-11-15)7-20-10-18(3-4-28-20)26(33)32-13-17-8-21-22(27)14-31-25(21)30-12-17/h3-6,8-12,14H,7,13H2,1-2H3,(H,30,31)(H,32,33). The van der Waals surface area contributed by atoms with Gasteiger partial charge in [-0.3, -0.25) is 14.8 Å². The van der Waals surface area contributed by atoms with Crippen molar-refractivity contribution in [3.05, 3.63) is 94.2 Å². The van der Waals surface area contributed by atoms with Crippen molar-refractivity contribution in [2.24, 2.45) is 0 Å². The van der Waals surface area contributed by atoms with E-state index in [1.54, 1.807) is 43.0 Å². The Balaban J connectivity index is 1.37. The Morgan fingerprint density at radius 3 is 2.69 bits per heavy atom. The average molecular weight is 520 g/mol. The van der Waals surface area contributed by atoms with Crippen LogP contribution in [0.1, 0.15) is 32.7 Å². The summed E-state index contributed by atoms with van der Waals surface area (Å²) in [4.78, 5) is 29.0. The summed E-state index contributed by atoms with van der Waals surface area (Å²) in [7, 11) is -3.49. The Hall–Kier alpha value is -3.82. The van der Waals surface area contributed by atoms with Gasteiger partial charge in [-0.05, 0) is 60.0 Å². The largest absolute Gasteiger partial charge is 0.348 e. The first-order chi connectivity index (χ1) is 17.2. The Labute approximate surface area is 212 Å². The molecule has 0 aliphatic heterocycles. The maximum Gasteiger partial charge on any atom is 0.251 e. The number of H-pyrrole nitrogens is 1. The number of halogens is 1. The zero-order valence-corrected chi connectivity index (χ0v) is 21.1. The number of rotatable bonds is 6. The summed E-state index contributed by atoms with van der Waals surface area (Å²) in [6.45, 7) is 2.19. The highest BCUT2D eigenvalue weighted by Gasteiger charge is 2.16. The smallest absolute Gasteiger partial charge is 0.251 e. The van der Waals surface area contributed by atoms with Gasteiger partial charge in [-0.1, -0.05) is 11.6 Å². The molecular weight excluding hydrogens is 498 g/mol. The maximum absolute atomic E-state index is 12.8. The first-order valence-corrected chi connectivity index (χ1v) is 13.4. The van der Waals surface area contributed by atoms with Gasteiger partial charge in [0.05, 0.1) is 15.4 Å². The van der Waals surface area contributed by atoms with Gasteiger partial charge >= 0.3 is 0 Å². The quantitative estimate of drug-likeness (QED) is 0.343. The van der Waals surface area contributed by atoms with E-state index in [0.29, 0.717) is 33.9 Å². The van der Waals surface area contributed by atoms with Crippen LogP contribution in [0.15, 0.2) is 66.1 Å². The number of aryl methyl sites for hydroxylation is 1. The van der Waals surface area contributed by atoms with Gasteiger partial charge in [0.15, 0.2) is 9.84 Å². The second-order valence-electron chi connectivity index (χ2n) is 8.72. The lowest BCUT2D eigenvalue weighted by molar-refractivity contribution is 0.0950. The molecule has 5 aromatic rings. The number of aromatic nitrogens is 4. The van der Waals surface area contributed by atoms with E-state index in [0.717, 1.165) is 27.5 Å². The molecule has 0 spiro atoms. The summed E-state index contributed by atoms with van der Waals surface area (Å²) in [5, 5.41) is 5.01. The van der Waals surface area contributed by atoms with Crippen LogP contribution >= 0.6 is 11.6 Å². The summed E-state index contributed by atoms with van der Waals surface area (Å²) < 4.78 is 24.8. The summed E-state index contributed by atoms with van der Waals surface area (Å²) in [6, 6.07) is 10.7. The molecule has 8 nitrogen and oxygen atoms in total. The van der Waals surface area contributed by atoms with E-state index in [-0.39, 0.29) is 17.3 Å². The van der Waals surface area contributed by atoms with Crippen LogP contribution in [0.5, 0.6) is 0 Å². The molecule has 5 rings (SSSR count). The number of fused-ring (bicyclic) bond motifs is 2. The molecule has 0 bridgehead atoms. The molecule has 0 aliphatic carbocycles. The van der Waals surface area contributed by atoms with Crippen molar-refractivity contribution in [3.63, 3.8) is 0 Å². The fourth-order valence-corrected chi connectivity index (χ4v) is 5.18. The van der Waals surface area contributed by atoms with Gasteiger partial charge in [-0.15, -0.1) is 0 Å². The zero-order chi connectivity index (χ0) is 25.4.